The topological polar surface area (TPSA) is 63.4 Å². The molecule has 0 heterocycles. The van der Waals surface area contributed by atoms with Crippen LogP contribution in [-0.2, 0) is 4.79 Å². The van der Waals surface area contributed by atoms with Gasteiger partial charge in [-0.2, -0.15) is 0 Å². The van der Waals surface area contributed by atoms with E-state index in [1.165, 1.54) is 17.9 Å². The second kappa shape index (κ2) is 5.06. The summed E-state index contributed by atoms with van der Waals surface area (Å²) in [5, 5.41) is 9.89. The zero-order chi connectivity index (χ0) is 9.56. The van der Waals surface area contributed by atoms with Crippen molar-refractivity contribution in [2.45, 2.75) is 6.92 Å². The summed E-state index contributed by atoms with van der Waals surface area (Å²) >= 11 is 0. The fourth-order valence-electron chi connectivity index (χ4n) is 0.568. The maximum absolute atomic E-state index is 10.8. The summed E-state index contributed by atoms with van der Waals surface area (Å²) in [4.78, 5) is 21.2. The van der Waals surface area contributed by atoms with Gasteiger partial charge in [0.05, 0.1) is 11.1 Å². The van der Waals surface area contributed by atoms with E-state index in [9.17, 15) is 14.9 Å². The number of hydrogen-bond donors (Lipinski definition) is 0. The highest BCUT2D eigenvalue weighted by atomic mass is 16.6. The molecular weight excluding hydrogens is 160 g/mol. The van der Waals surface area contributed by atoms with Crippen molar-refractivity contribution in [2.24, 2.45) is 0 Å². The minimum atomic E-state index is -0.626. The first kappa shape index (κ1) is 10.3. The van der Waals surface area contributed by atoms with Crippen molar-refractivity contribution in [3.8, 4) is 0 Å². The minimum Gasteiger partial charge on any atom is -0.309 e. The minimum absolute atomic E-state index is 0.256. The van der Waals surface area contributed by atoms with Crippen LogP contribution in [-0.4, -0.2) is 22.3 Å². The fraction of sp³-hybridized carbons (Fsp3) is 0.286. The van der Waals surface area contributed by atoms with E-state index in [1.54, 1.807) is 0 Å². The van der Waals surface area contributed by atoms with Crippen LogP contribution in [0.3, 0.4) is 0 Å². The standard InChI is InChI=1S/C7H10N2O3/c1-3-4-8(7(2)10)5-6-9(11)12/h3,5-6H,1,4H2,2H3. The van der Waals surface area contributed by atoms with Crippen LogP contribution >= 0.6 is 0 Å². The summed E-state index contributed by atoms with van der Waals surface area (Å²) in [5.74, 6) is -0.256. The summed E-state index contributed by atoms with van der Waals surface area (Å²) in [5.41, 5.74) is 0. The van der Waals surface area contributed by atoms with Crippen molar-refractivity contribution in [1.82, 2.24) is 4.90 Å². The van der Waals surface area contributed by atoms with Crippen LogP contribution in [0.15, 0.2) is 25.1 Å². The summed E-state index contributed by atoms with van der Waals surface area (Å²) in [7, 11) is 0. The molecule has 0 aromatic rings. The first-order valence-corrected chi connectivity index (χ1v) is 3.28. The van der Waals surface area contributed by atoms with Gasteiger partial charge in [0.2, 0.25) is 5.91 Å². The lowest BCUT2D eigenvalue weighted by Crippen LogP contribution is -2.22. The number of carbonyl (C=O) groups excluding carboxylic acids is 1. The lowest BCUT2D eigenvalue weighted by Gasteiger charge is -2.10. The quantitative estimate of drug-likeness (QED) is 0.355. The van der Waals surface area contributed by atoms with Crippen molar-refractivity contribution in [2.75, 3.05) is 6.54 Å². The van der Waals surface area contributed by atoms with E-state index in [2.05, 4.69) is 6.58 Å². The molecule has 0 bridgehead atoms. The van der Waals surface area contributed by atoms with Crippen LogP contribution in [0.25, 0.3) is 0 Å². The Morgan fingerprint density at radius 2 is 2.33 bits per heavy atom. The maximum atomic E-state index is 10.8. The van der Waals surface area contributed by atoms with Crippen LogP contribution in [0.2, 0.25) is 0 Å². The van der Waals surface area contributed by atoms with Gasteiger partial charge in [-0.05, 0) is 0 Å². The van der Waals surface area contributed by atoms with Crippen LogP contribution in [0.4, 0.5) is 0 Å². The van der Waals surface area contributed by atoms with E-state index >= 15 is 0 Å². The smallest absolute Gasteiger partial charge is 0.250 e. The third-order valence-electron chi connectivity index (χ3n) is 1.10. The predicted molar refractivity (Wildman–Crippen MR) is 43.7 cm³/mol. The molecule has 12 heavy (non-hydrogen) atoms. The van der Waals surface area contributed by atoms with E-state index in [1.807, 2.05) is 0 Å². The van der Waals surface area contributed by atoms with Gasteiger partial charge in [0.15, 0.2) is 0 Å². The Labute approximate surface area is 70.1 Å². The number of rotatable bonds is 4. The largest absolute Gasteiger partial charge is 0.309 e. The molecule has 0 saturated heterocycles. The molecule has 0 aromatic carbocycles. The number of carbonyl (C=O) groups is 1. The fourth-order valence-corrected chi connectivity index (χ4v) is 0.568. The van der Waals surface area contributed by atoms with Gasteiger partial charge < -0.3 is 4.90 Å². The highest BCUT2D eigenvalue weighted by Gasteiger charge is 2.02. The zero-order valence-corrected chi connectivity index (χ0v) is 6.77. The molecule has 0 atom stereocenters. The average molecular weight is 170 g/mol. The third kappa shape index (κ3) is 4.21. The first-order chi connectivity index (χ1) is 5.57. The summed E-state index contributed by atoms with van der Waals surface area (Å²) in [6.45, 7) is 5.02. The van der Waals surface area contributed by atoms with Crippen molar-refractivity contribution in [1.29, 1.82) is 0 Å². The molecule has 5 nitrogen and oxygen atoms in total. The Balaban J connectivity index is 4.21. The van der Waals surface area contributed by atoms with Crippen LogP contribution in [0.5, 0.6) is 0 Å². The molecule has 1 amide bonds. The molecule has 5 heteroatoms. The molecule has 0 fully saturated rings. The van der Waals surface area contributed by atoms with Crippen molar-refractivity contribution in [3.05, 3.63) is 35.2 Å². The Kier molecular flexibility index (Phi) is 4.36. The molecule has 66 valence electrons. The van der Waals surface area contributed by atoms with Gasteiger partial charge >= 0.3 is 0 Å². The van der Waals surface area contributed by atoms with E-state index in [0.717, 1.165) is 6.20 Å². The van der Waals surface area contributed by atoms with E-state index in [4.69, 9.17) is 0 Å². The molecule has 0 rings (SSSR count). The van der Waals surface area contributed by atoms with E-state index < -0.39 is 4.92 Å². The number of nitrogens with zero attached hydrogens (tertiary/aromatic N) is 2. The van der Waals surface area contributed by atoms with E-state index in [0.29, 0.717) is 6.20 Å². The SMILES string of the molecule is C=CCN(C=C[N+](=O)[O-])C(C)=O. The molecule has 0 saturated carbocycles. The highest BCUT2D eigenvalue weighted by Crippen LogP contribution is 1.91. The van der Waals surface area contributed by atoms with Crippen LogP contribution < -0.4 is 0 Å². The monoisotopic (exact) mass is 170 g/mol. The molecule has 0 aliphatic rings. The molecular formula is C7H10N2O3. The molecule has 0 spiro atoms. The Morgan fingerprint density at radius 3 is 2.67 bits per heavy atom. The van der Waals surface area contributed by atoms with Crippen molar-refractivity contribution >= 4 is 5.91 Å². The predicted octanol–water partition coefficient (Wildman–Crippen LogP) is 0.769. The molecule has 0 unspecified atom stereocenters. The van der Waals surface area contributed by atoms with Gasteiger partial charge in [-0.1, -0.05) is 6.08 Å². The summed E-state index contributed by atoms with van der Waals surface area (Å²) in [6, 6.07) is 0. The zero-order valence-electron chi connectivity index (χ0n) is 6.77. The summed E-state index contributed by atoms with van der Waals surface area (Å²) < 4.78 is 0. The lowest BCUT2D eigenvalue weighted by molar-refractivity contribution is -0.403. The average Bonchev–Trinajstić information content (AvgIpc) is 1.96. The van der Waals surface area contributed by atoms with Gasteiger partial charge in [-0.3, -0.25) is 14.9 Å². The van der Waals surface area contributed by atoms with Gasteiger partial charge in [-0.25, -0.2) is 0 Å². The third-order valence-corrected chi connectivity index (χ3v) is 1.10. The molecule has 0 aliphatic heterocycles. The Morgan fingerprint density at radius 1 is 1.75 bits per heavy atom. The molecule has 0 aliphatic carbocycles. The Bertz CT molecular complexity index is 223. The first-order valence-electron chi connectivity index (χ1n) is 3.28. The molecule has 0 aromatic heterocycles. The summed E-state index contributed by atoms with van der Waals surface area (Å²) in [6.07, 6.45) is 3.32. The van der Waals surface area contributed by atoms with Gasteiger partial charge in [-0.15, -0.1) is 6.58 Å². The van der Waals surface area contributed by atoms with Crippen molar-refractivity contribution in [3.63, 3.8) is 0 Å². The number of nitro groups is 1. The highest BCUT2D eigenvalue weighted by molar-refractivity contribution is 5.74. The number of amides is 1. The molecule has 0 radical (unpaired) electrons. The lowest BCUT2D eigenvalue weighted by atomic mass is 10.5. The second-order valence-corrected chi connectivity index (χ2v) is 2.04. The van der Waals surface area contributed by atoms with Crippen LogP contribution in [0.1, 0.15) is 6.92 Å². The van der Waals surface area contributed by atoms with Gasteiger partial charge in [0, 0.05) is 13.5 Å². The van der Waals surface area contributed by atoms with Gasteiger partial charge in [0.1, 0.15) is 0 Å². The van der Waals surface area contributed by atoms with Crippen molar-refractivity contribution < 1.29 is 9.72 Å². The normalized spacial score (nSPS) is 9.75. The Hall–Kier alpha value is -1.65. The maximum Gasteiger partial charge on any atom is 0.250 e. The molecule has 0 N–H and O–H groups in total. The van der Waals surface area contributed by atoms with Crippen LogP contribution in [0, 0.1) is 10.1 Å². The van der Waals surface area contributed by atoms with Gasteiger partial charge in [0.25, 0.3) is 6.20 Å². The van der Waals surface area contributed by atoms with E-state index in [-0.39, 0.29) is 12.5 Å². The number of hydrogen-bond acceptors (Lipinski definition) is 3. The second-order valence-electron chi connectivity index (χ2n) is 2.04.